The van der Waals surface area contributed by atoms with Gasteiger partial charge < -0.3 is 20.7 Å². The first kappa shape index (κ1) is 20.8. The summed E-state index contributed by atoms with van der Waals surface area (Å²) in [4.78, 5) is 23.7. The maximum atomic E-state index is 11.9. The maximum Gasteiger partial charge on any atom is 0.315 e. The van der Waals surface area contributed by atoms with Crippen LogP contribution in [0.1, 0.15) is 17.5 Å². The fourth-order valence-corrected chi connectivity index (χ4v) is 2.95. The summed E-state index contributed by atoms with van der Waals surface area (Å²) in [5, 5.41) is 8.09. The minimum absolute atomic E-state index is 0.0835. The van der Waals surface area contributed by atoms with Crippen molar-refractivity contribution in [3.8, 4) is 5.75 Å². The van der Waals surface area contributed by atoms with Crippen LogP contribution in [0.2, 0.25) is 0 Å². The number of aryl methyl sites for hydroxylation is 2. The fourth-order valence-electron chi connectivity index (χ4n) is 2.47. The van der Waals surface area contributed by atoms with E-state index in [9.17, 15) is 9.59 Å². The average Bonchev–Trinajstić information content (AvgIpc) is 2.66. The quantitative estimate of drug-likeness (QED) is 0.555. The van der Waals surface area contributed by atoms with Gasteiger partial charge in [0.05, 0.1) is 13.7 Å². The number of nitrogens with one attached hydrogen (secondary N) is 3. The number of urea groups is 1. The van der Waals surface area contributed by atoms with Crippen LogP contribution in [-0.2, 0) is 11.2 Å². The molecule has 0 unspecified atom stereocenters. The first-order chi connectivity index (χ1) is 13.0. The number of halogens is 1. The van der Waals surface area contributed by atoms with Crippen LogP contribution < -0.4 is 20.7 Å². The largest absolute Gasteiger partial charge is 0.497 e. The third-order valence-electron chi connectivity index (χ3n) is 3.96. The number of rotatable bonds is 8. The topological polar surface area (TPSA) is 79.5 Å². The molecule has 0 bridgehead atoms. The molecule has 144 valence electrons. The Labute approximate surface area is 167 Å². The predicted molar refractivity (Wildman–Crippen MR) is 110 cm³/mol. The van der Waals surface area contributed by atoms with E-state index < -0.39 is 0 Å². The minimum Gasteiger partial charge on any atom is -0.497 e. The molecule has 7 heteroatoms. The van der Waals surface area contributed by atoms with E-state index >= 15 is 0 Å². The van der Waals surface area contributed by atoms with Crippen molar-refractivity contribution in [2.75, 3.05) is 25.5 Å². The lowest BCUT2D eigenvalue weighted by molar-refractivity contribution is -0.115. The summed E-state index contributed by atoms with van der Waals surface area (Å²) < 4.78 is 6.07. The molecule has 0 atom stereocenters. The molecular formula is C20H24BrN3O3. The number of hydrogen-bond acceptors (Lipinski definition) is 3. The van der Waals surface area contributed by atoms with Crippen LogP contribution >= 0.6 is 15.9 Å². The molecule has 0 aliphatic carbocycles. The highest BCUT2D eigenvalue weighted by molar-refractivity contribution is 9.10. The molecule has 3 amide bonds. The number of benzene rings is 2. The summed E-state index contributed by atoms with van der Waals surface area (Å²) in [5.41, 5.74) is 2.85. The molecule has 0 fully saturated rings. The van der Waals surface area contributed by atoms with Crippen molar-refractivity contribution >= 4 is 33.6 Å². The monoisotopic (exact) mass is 433 g/mol. The van der Waals surface area contributed by atoms with Gasteiger partial charge in [-0.25, -0.2) is 4.79 Å². The smallest absolute Gasteiger partial charge is 0.315 e. The molecule has 3 N–H and O–H groups in total. The molecule has 0 aromatic heterocycles. The average molecular weight is 434 g/mol. The van der Waals surface area contributed by atoms with Crippen LogP contribution in [0.4, 0.5) is 10.5 Å². The van der Waals surface area contributed by atoms with Gasteiger partial charge in [0.15, 0.2) is 0 Å². The lowest BCUT2D eigenvalue weighted by Gasteiger charge is -2.10. The summed E-state index contributed by atoms with van der Waals surface area (Å²) in [7, 11) is 1.64. The van der Waals surface area contributed by atoms with Crippen molar-refractivity contribution in [1.29, 1.82) is 0 Å². The van der Waals surface area contributed by atoms with Crippen LogP contribution in [-0.4, -0.2) is 32.1 Å². The summed E-state index contributed by atoms with van der Waals surface area (Å²) >= 11 is 3.38. The van der Waals surface area contributed by atoms with E-state index in [0.29, 0.717) is 6.54 Å². The molecule has 0 spiro atoms. The Morgan fingerprint density at radius 1 is 1.07 bits per heavy atom. The van der Waals surface area contributed by atoms with Gasteiger partial charge in [-0.3, -0.25) is 4.79 Å². The highest BCUT2D eigenvalue weighted by Gasteiger charge is 2.07. The Bertz CT molecular complexity index is 779. The van der Waals surface area contributed by atoms with Gasteiger partial charge in [0.2, 0.25) is 5.91 Å². The molecule has 0 saturated carbocycles. The van der Waals surface area contributed by atoms with E-state index in [1.807, 2.05) is 49.4 Å². The van der Waals surface area contributed by atoms with Crippen LogP contribution in [0.15, 0.2) is 46.9 Å². The lowest BCUT2D eigenvalue weighted by Crippen LogP contribution is -2.40. The van der Waals surface area contributed by atoms with E-state index in [2.05, 4.69) is 31.9 Å². The van der Waals surface area contributed by atoms with Gasteiger partial charge in [-0.05, 0) is 61.2 Å². The van der Waals surface area contributed by atoms with Gasteiger partial charge in [-0.15, -0.1) is 0 Å². The molecule has 0 heterocycles. The van der Waals surface area contributed by atoms with E-state index in [-0.39, 0.29) is 18.5 Å². The van der Waals surface area contributed by atoms with Crippen LogP contribution in [0.5, 0.6) is 5.75 Å². The van der Waals surface area contributed by atoms with Crippen LogP contribution in [0.3, 0.4) is 0 Å². The van der Waals surface area contributed by atoms with Crippen LogP contribution in [0.25, 0.3) is 0 Å². The zero-order chi connectivity index (χ0) is 19.6. The summed E-state index contributed by atoms with van der Waals surface area (Å²) in [5.74, 6) is 0.557. The van der Waals surface area contributed by atoms with Gasteiger partial charge in [-0.2, -0.15) is 0 Å². The van der Waals surface area contributed by atoms with E-state index in [1.165, 1.54) is 5.56 Å². The van der Waals surface area contributed by atoms with Gasteiger partial charge >= 0.3 is 6.03 Å². The lowest BCUT2D eigenvalue weighted by atomic mass is 10.1. The van der Waals surface area contributed by atoms with Crippen molar-refractivity contribution in [2.45, 2.75) is 19.8 Å². The number of hydrogen-bond donors (Lipinski definition) is 3. The Morgan fingerprint density at radius 3 is 2.48 bits per heavy atom. The Kier molecular flexibility index (Phi) is 8.13. The Balaban J connectivity index is 1.63. The van der Waals surface area contributed by atoms with Gasteiger partial charge in [0.25, 0.3) is 0 Å². The van der Waals surface area contributed by atoms with Crippen LogP contribution in [0, 0.1) is 6.92 Å². The van der Waals surface area contributed by atoms with Crippen molar-refractivity contribution < 1.29 is 14.3 Å². The maximum absolute atomic E-state index is 11.9. The molecule has 2 rings (SSSR count). The summed E-state index contributed by atoms with van der Waals surface area (Å²) in [6, 6.07) is 13.1. The van der Waals surface area contributed by atoms with Gasteiger partial charge in [-0.1, -0.05) is 28.1 Å². The van der Waals surface area contributed by atoms with Crippen molar-refractivity contribution in [2.24, 2.45) is 0 Å². The van der Waals surface area contributed by atoms with E-state index in [4.69, 9.17) is 4.74 Å². The standard InChI is InChI=1S/C20H24BrN3O3/c1-14-12-16(21)7-10-18(14)24-19(25)13-23-20(26)22-11-3-4-15-5-8-17(27-2)9-6-15/h5-10,12H,3-4,11,13H2,1-2H3,(H,24,25)(H2,22,23,26). The molecule has 2 aromatic carbocycles. The minimum atomic E-state index is -0.354. The highest BCUT2D eigenvalue weighted by atomic mass is 79.9. The molecule has 6 nitrogen and oxygen atoms in total. The number of carbonyl (C=O) groups is 2. The molecule has 2 aromatic rings. The molecule has 0 aliphatic rings. The van der Waals surface area contributed by atoms with E-state index in [1.54, 1.807) is 7.11 Å². The predicted octanol–water partition coefficient (Wildman–Crippen LogP) is 3.64. The Morgan fingerprint density at radius 2 is 1.81 bits per heavy atom. The number of ether oxygens (including phenoxy) is 1. The zero-order valence-electron chi connectivity index (χ0n) is 15.5. The van der Waals surface area contributed by atoms with E-state index in [0.717, 1.165) is 34.3 Å². The SMILES string of the molecule is COc1ccc(CCCNC(=O)NCC(=O)Nc2ccc(Br)cc2C)cc1. The second-order valence-electron chi connectivity index (χ2n) is 6.07. The number of carbonyl (C=O) groups excluding carboxylic acids is 2. The van der Waals surface area contributed by atoms with Gasteiger partial charge in [0.1, 0.15) is 5.75 Å². The fraction of sp³-hybridized carbons (Fsp3) is 0.300. The highest BCUT2D eigenvalue weighted by Crippen LogP contribution is 2.19. The molecule has 0 radical (unpaired) electrons. The molecule has 0 aliphatic heterocycles. The number of anilines is 1. The zero-order valence-corrected chi connectivity index (χ0v) is 17.1. The second kappa shape index (κ2) is 10.6. The summed E-state index contributed by atoms with van der Waals surface area (Å²) in [6.07, 6.45) is 1.66. The first-order valence-corrected chi connectivity index (χ1v) is 9.48. The normalized spacial score (nSPS) is 10.2. The first-order valence-electron chi connectivity index (χ1n) is 8.68. The van der Waals surface area contributed by atoms with Crippen molar-refractivity contribution in [3.63, 3.8) is 0 Å². The number of amides is 3. The number of methoxy groups -OCH3 is 1. The third kappa shape index (κ3) is 7.30. The van der Waals surface area contributed by atoms with Crippen molar-refractivity contribution in [3.05, 3.63) is 58.1 Å². The summed E-state index contributed by atoms with van der Waals surface area (Å²) in [6.45, 7) is 2.36. The molecular weight excluding hydrogens is 410 g/mol. The third-order valence-corrected chi connectivity index (χ3v) is 4.45. The van der Waals surface area contributed by atoms with Crippen molar-refractivity contribution in [1.82, 2.24) is 10.6 Å². The second-order valence-corrected chi connectivity index (χ2v) is 6.98. The molecule has 0 saturated heterocycles. The van der Waals surface area contributed by atoms with Gasteiger partial charge in [0, 0.05) is 16.7 Å². The Hall–Kier alpha value is -2.54. The molecule has 27 heavy (non-hydrogen) atoms.